The molecule has 0 unspecified atom stereocenters. The van der Waals surface area contributed by atoms with Gasteiger partial charge in [-0.1, -0.05) is 25.5 Å². The SMILES string of the molecule is CCCc1cccc2nc(N)ncc12. The lowest BCUT2D eigenvalue weighted by atomic mass is 10.1. The summed E-state index contributed by atoms with van der Waals surface area (Å²) >= 11 is 0. The van der Waals surface area contributed by atoms with Gasteiger partial charge in [-0.3, -0.25) is 0 Å². The molecule has 0 aliphatic rings. The van der Waals surface area contributed by atoms with Crippen LogP contribution < -0.4 is 5.73 Å². The second kappa shape index (κ2) is 3.62. The van der Waals surface area contributed by atoms with Crippen LogP contribution in [0, 0.1) is 0 Å². The van der Waals surface area contributed by atoms with E-state index in [-0.39, 0.29) is 0 Å². The minimum Gasteiger partial charge on any atom is -0.368 e. The number of hydrogen-bond donors (Lipinski definition) is 1. The van der Waals surface area contributed by atoms with Crippen molar-refractivity contribution in [3.05, 3.63) is 30.0 Å². The number of aromatic nitrogens is 2. The Labute approximate surface area is 83.0 Å². The predicted octanol–water partition coefficient (Wildman–Crippen LogP) is 2.16. The molecule has 0 aliphatic carbocycles. The molecular formula is C11H13N3. The van der Waals surface area contributed by atoms with Crippen molar-refractivity contribution < 1.29 is 0 Å². The lowest BCUT2D eigenvalue weighted by molar-refractivity contribution is 0.928. The van der Waals surface area contributed by atoms with E-state index >= 15 is 0 Å². The van der Waals surface area contributed by atoms with Gasteiger partial charge in [0.1, 0.15) is 0 Å². The summed E-state index contributed by atoms with van der Waals surface area (Å²) in [6, 6.07) is 6.09. The maximum absolute atomic E-state index is 5.53. The molecule has 0 saturated carbocycles. The topological polar surface area (TPSA) is 51.8 Å². The maximum atomic E-state index is 5.53. The van der Waals surface area contributed by atoms with Crippen LogP contribution in [0.4, 0.5) is 5.95 Å². The fraction of sp³-hybridized carbons (Fsp3) is 0.273. The second-order valence-electron chi connectivity index (χ2n) is 3.33. The van der Waals surface area contributed by atoms with Gasteiger partial charge in [-0.05, 0) is 18.1 Å². The highest BCUT2D eigenvalue weighted by Crippen LogP contribution is 2.17. The zero-order valence-corrected chi connectivity index (χ0v) is 8.20. The zero-order chi connectivity index (χ0) is 9.97. The number of anilines is 1. The number of nitrogens with zero attached hydrogens (tertiary/aromatic N) is 2. The minimum atomic E-state index is 0.339. The lowest BCUT2D eigenvalue weighted by Crippen LogP contribution is -1.95. The first kappa shape index (κ1) is 8.94. The molecule has 0 aliphatic heterocycles. The molecule has 0 radical (unpaired) electrons. The van der Waals surface area contributed by atoms with E-state index in [1.165, 1.54) is 5.56 Å². The van der Waals surface area contributed by atoms with Gasteiger partial charge < -0.3 is 5.73 Å². The van der Waals surface area contributed by atoms with Gasteiger partial charge in [0, 0.05) is 11.6 Å². The highest BCUT2D eigenvalue weighted by atomic mass is 15.0. The monoisotopic (exact) mass is 187 g/mol. The van der Waals surface area contributed by atoms with E-state index in [9.17, 15) is 0 Å². The first-order chi connectivity index (χ1) is 6.81. The molecular weight excluding hydrogens is 174 g/mol. The largest absolute Gasteiger partial charge is 0.368 e. The van der Waals surface area contributed by atoms with Gasteiger partial charge in [0.15, 0.2) is 0 Å². The van der Waals surface area contributed by atoms with Crippen molar-refractivity contribution in [3.63, 3.8) is 0 Å². The number of nitrogen functional groups attached to an aromatic ring is 1. The van der Waals surface area contributed by atoms with E-state index in [4.69, 9.17) is 5.73 Å². The Balaban J connectivity index is 2.62. The summed E-state index contributed by atoms with van der Waals surface area (Å²) in [6.45, 7) is 2.16. The number of fused-ring (bicyclic) bond motifs is 1. The van der Waals surface area contributed by atoms with Gasteiger partial charge in [0.05, 0.1) is 5.52 Å². The van der Waals surface area contributed by atoms with Crippen molar-refractivity contribution in [3.8, 4) is 0 Å². The van der Waals surface area contributed by atoms with E-state index in [1.807, 2.05) is 18.3 Å². The summed E-state index contributed by atoms with van der Waals surface area (Å²) in [4.78, 5) is 8.20. The predicted molar refractivity (Wildman–Crippen MR) is 57.9 cm³/mol. The van der Waals surface area contributed by atoms with Gasteiger partial charge in [-0.15, -0.1) is 0 Å². The Hall–Kier alpha value is -1.64. The summed E-state index contributed by atoms with van der Waals surface area (Å²) in [5.74, 6) is 0.339. The fourth-order valence-electron chi connectivity index (χ4n) is 1.62. The molecule has 3 nitrogen and oxygen atoms in total. The van der Waals surface area contributed by atoms with E-state index < -0.39 is 0 Å². The van der Waals surface area contributed by atoms with E-state index in [0.29, 0.717) is 5.95 Å². The minimum absolute atomic E-state index is 0.339. The van der Waals surface area contributed by atoms with Crippen LogP contribution in [0.25, 0.3) is 10.9 Å². The molecule has 3 heteroatoms. The Morgan fingerprint density at radius 1 is 1.36 bits per heavy atom. The summed E-state index contributed by atoms with van der Waals surface area (Å²) in [7, 11) is 0. The molecule has 2 aromatic rings. The molecule has 1 aromatic carbocycles. The third kappa shape index (κ3) is 1.53. The van der Waals surface area contributed by atoms with Crippen molar-refractivity contribution in [2.75, 3.05) is 5.73 Å². The van der Waals surface area contributed by atoms with Crippen LogP contribution in [0.3, 0.4) is 0 Å². The Morgan fingerprint density at radius 3 is 3.00 bits per heavy atom. The third-order valence-corrected chi connectivity index (χ3v) is 2.25. The van der Waals surface area contributed by atoms with Crippen LogP contribution in [0.1, 0.15) is 18.9 Å². The van der Waals surface area contributed by atoms with Crippen molar-refractivity contribution in [1.29, 1.82) is 0 Å². The second-order valence-corrected chi connectivity index (χ2v) is 3.33. The molecule has 14 heavy (non-hydrogen) atoms. The Bertz CT molecular complexity index is 451. The first-order valence-electron chi connectivity index (χ1n) is 4.81. The van der Waals surface area contributed by atoms with Crippen molar-refractivity contribution in [2.45, 2.75) is 19.8 Å². The third-order valence-electron chi connectivity index (χ3n) is 2.25. The maximum Gasteiger partial charge on any atom is 0.220 e. The van der Waals surface area contributed by atoms with Gasteiger partial charge in [0.25, 0.3) is 0 Å². The fourth-order valence-corrected chi connectivity index (χ4v) is 1.62. The molecule has 0 bridgehead atoms. The molecule has 72 valence electrons. The van der Waals surface area contributed by atoms with Gasteiger partial charge in [0.2, 0.25) is 5.95 Å². The smallest absolute Gasteiger partial charge is 0.220 e. The zero-order valence-electron chi connectivity index (χ0n) is 8.20. The van der Waals surface area contributed by atoms with Crippen molar-refractivity contribution in [1.82, 2.24) is 9.97 Å². The van der Waals surface area contributed by atoms with E-state index in [0.717, 1.165) is 23.7 Å². The van der Waals surface area contributed by atoms with Crippen LogP contribution in [-0.2, 0) is 6.42 Å². The number of rotatable bonds is 2. The van der Waals surface area contributed by atoms with Gasteiger partial charge in [-0.2, -0.15) is 0 Å². The summed E-state index contributed by atoms with van der Waals surface area (Å²) in [5, 5.41) is 1.11. The van der Waals surface area contributed by atoms with Crippen LogP contribution in [0.15, 0.2) is 24.4 Å². The number of hydrogen-bond acceptors (Lipinski definition) is 3. The molecule has 0 spiro atoms. The van der Waals surface area contributed by atoms with Gasteiger partial charge in [-0.25, -0.2) is 9.97 Å². The van der Waals surface area contributed by atoms with Crippen molar-refractivity contribution in [2.24, 2.45) is 0 Å². The quantitative estimate of drug-likeness (QED) is 0.783. The molecule has 2 rings (SSSR count). The molecule has 1 heterocycles. The number of benzene rings is 1. The first-order valence-corrected chi connectivity index (χ1v) is 4.81. The molecule has 0 atom stereocenters. The average Bonchev–Trinajstić information content (AvgIpc) is 2.18. The standard InChI is InChI=1S/C11H13N3/c1-2-4-8-5-3-6-10-9(8)7-13-11(12)14-10/h3,5-7H,2,4H2,1H3,(H2,12,13,14). The molecule has 2 N–H and O–H groups in total. The summed E-state index contributed by atoms with van der Waals surface area (Å²) < 4.78 is 0. The van der Waals surface area contributed by atoms with Crippen LogP contribution >= 0.6 is 0 Å². The summed E-state index contributed by atoms with van der Waals surface area (Å²) in [6.07, 6.45) is 4.00. The lowest BCUT2D eigenvalue weighted by Gasteiger charge is -2.03. The molecule has 0 amide bonds. The highest BCUT2D eigenvalue weighted by Gasteiger charge is 2.01. The molecule has 0 fully saturated rings. The van der Waals surface area contributed by atoms with Crippen LogP contribution in [0.5, 0.6) is 0 Å². The summed E-state index contributed by atoms with van der Waals surface area (Å²) in [5.41, 5.74) is 7.76. The van der Waals surface area contributed by atoms with Crippen LogP contribution in [-0.4, -0.2) is 9.97 Å². The highest BCUT2D eigenvalue weighted by molar-refractivity contribution is 5.82. The van der Waals surface area contributed by atoms with Crippen LogP contribution in [0.2, 0.25) is 0 Å². The Kier molecular flexibility index (Phi) is 2.31. The van der Waals surface area contributed by atoms with Crippen molar-refractivity contribution >= 4 is 16.9 Å². The number of aryl methyl sites for hydroxylation is 1. The molecule has 0 saturated heterocycles. The normalized spacial score (nSPS) is 10.6. The number of nitrogens with two attached hydrogens (primary N) is 1. The van der Waals surface area contributed by atoms with E-state index in [1.54, 1.807) is 0 Å². The van der Waals surface area contributed by atoms with E-state index in [2.05, 4.69) is 23.0 Å². The average molecular weight is 187 g/mol. The molecule has 1 aromatic heterocycles. The van der Waals surface area contributed by atoms with Gasteiger partial charge >= 0.3 is 0 Å². The Morgan fingerprint density at radius 2 is 2.21 bits per heavy atom.